The molecular weight excluding hydrogens is 200 g/mol. The van der Waals surface area contributed by atoms with Gasteiger partial charge in [0.15, 0.2) is 0 Å². The molecule has 76 valence electrons. The number of alkyl halides is 3. The Balaban J connectivity index is 3.21. The fourth-order valence-corrected chi connectivity index (χ4v) is 0.913. The van der Waals surface area contributed by atoms with Gasteiger partial charge in [0.1, 0.15) is 11.7 Å². The van der Waals surface area contributed by atoms with Crippen molar-refractivity contribution >= 4 is 5.84 Å². The van der Waals surface area contributed by atoms with Crippen LogP contribution >= 0.6 is 0 Å². The molecule has 0 aliphatic carbocycles. The Morgan fingerprint density at radius 2 is 1.86 bits per heavy atom. The third kappa shape index (κ3) is 2.01. The minimum absolute atomic E-state index is 0.0736. The summed E-state index contributed by atoms with van der Waals surface area (Å²) >= 11 is 0. The van der Waals surface area contributed by atoms with Gasteiger partial charge in [-0.1, -0.05) is 6.07 Å². The highest BCUT2D eigenvalue weighted by Crippen LogP contribution is 2.31. The zero-order chi connectivity index (χ0) is 10.9. The average Bonchev–Trinajstić information content (AvgIpc) is 2.01. The predicted molar refractivity (Wildman–Crippen MR) is 42.4 cm³/mol. The molecule has 0 unspecified atom stereocenters. The van der Waals surface area contributed by atoms with Gasteiger partial charge in [0.2, 0.25) is 0 Å². The second-order valence-corrected chi connectivity index (χ2v) is 2.61. The van der Waals surface area contributed by atoms with Gasteiger partial charge >= 0.3 is 6.18 Å². The van der Waals surface area contributed by atoms with Crippen molar-refractivity contribution in [2.24, 2.45) is 5.73 Å². The number of amidine groups is 1. The summed E-state index contributed by atoms with van der Waals surface area (Å²) in [5.41, 5.74) is 3.54. The van der Waals surface area contributed by atoms with E-state index in [4.69, 9.17) is 11.1 Å². The highest BCUT2D eigenvalue weighted by atomic mass is 19.4. The summed E-state index contributed by atoms with van der Waals surface area (Å²) < 4.78 is 49.0. The maximum Gasteiger partial charge on any atom is 0.419 e. The molecule has 1 rings (SSSR count). The molecule has 3 N–H and O–H groups in total. The zero-order valence-electron chi connectivity index (χ0n) is 6.82. The summed E-state index contributed by atoms with van der Waals surface area (Å²) in [6, 6.07) is 2.10. The summed E-state index contributed by atoms with van der Waals surface area (Å²) in [7, 11) is 0. The van der Waals surface area contributed by atoms with E-state index in [1.54, 1.807) is 0 Å². The van der Waals surface area contributed by atoms with Crippen molar-refractivity contribution in [2.45, 2.75) is 6.18 Å². The number of nitrogen functional groups attached to an aromatic ring is 1. The van der Waals surface area contributed by atoms with Crippen molar-refractivity contribution in [3.05, 3.63) is 35.1 Å². The van der Waals surface area contributed by atoms with Gasteiger partial charge in [-0.15, -0.1) is 0 Å². The highest BCUT2D eigenvalue weighted by Gasteiger charge is 2.33. The Hall–Kier alpha value is -1.59. The van der Waals surface area contributed by atoms with E-state index >= 15 is 0 Å². The van der Waals surface area contributed by atoms with Crippen LogP contribution in [0, 0.1) is 11.2 Å². The van der Waals surface area contributed by atoms with Gasteiger partial charge < -0.3 is 5.73 Å². The molecule has 6 heteroatoms. The molecule has 0 aromatic heterocycles. The molecule has 1 aromatic carbocycles. The lowest BCUT2D eigenvalue weighted by molar-refractivity contribution is -0.140. The quantitative estimate of drug-likeness (QED) is 0.412. The molecule has 0 amide bonds. The van der Waals surface area contributed by atoms with E-state index in [9.17, 15) is 17.6 Å². The van der Waals surface area contributed by atoms with Crippen molar-refractivity contribution in [3.8, 4) is 0 Å². The van der Waals surface area contributed by atoms with E-state index in [0.29, 0.717) is 12.1 Å². The first-order chi connectivity index (χ1) is 6.32. The molecule has 0 saturated carbocycles. The van der Waals surface area contributed by atoms with Gasteiger partial charge in [0.05, 0.1) is 5.56 Å². The van der Waals surface area contributed by atoms with Crippen LogP contribution in [0.2, 0.25) is 0 Å². The lowest BCUT2D eigenvalue weighted by atomic mass is 10.1. The highest BCUT2D eigenvalue weighted by molar-refractivity contribution is 5.94. The van der Waals surface area contributed by atoms with Crippen molar-refractivity contribution in [1.29, 1.82) is 5.41 Å². The van der Waals surface area contributed by atoms with Crippen LogP contribution in [0.25, 0.3) is 0 Å². The van der Waals surface area contributed by atoms with E-state index in [1.165, 1.54) is 0 Å². The zero-order valence-corrected chi connectivity index (χ0v) is 6.82. The van der Waals surface area contributed by atoms with Crippen LogP contribution < -0.4 is 5.73 Å². The molecule has 0 fully saturated rings. The lowest BCUT2D eigenvalue weighted by Crippen LogP contribution is -2.14. The van der Waals surface area contributed by atoms with Crippen molar-refractivity contribution in [1.82, 2.24) is 0 Å². The summed E-state index contributed by atoms with van der Waals surface area (Å²) in [5, 5.41) is 6.89. The summed E-state index contributed by atoms with van der Waals surface area (Å²) in [5.74, 6) is -1.90. The average molecular weight is 206 g/mol. The number of benzene rings is 1. The van der Waals surface area contributed by atoms with Crippen molar-refractivity contribution in [2.75, 3.05) is 0 Å². The van der Waals surface area contributed by atoms with Crippen LogP contribution in [0.15, 0.2) is 18.2 Å². The molecule has 0 saturated heterocycles. The second-order valence-electron chi connectivity index (χ2n) is 2.61. The SMILES string of the molecule is N=C(N)c1ccc(C(F)(F)F)c(F)c1. The predicted octanol–water partition coefficient (Wildman–Crippen LogP) is 2.13. The normalized spacial score (nSPS) is 11.4. The molecule has 0 heterocycles. The number of hydrogen-bond acceptors (Lipinski definition) is 1. The molecule has 0 atom stereocenters. The minimum atomic E-state index is -4.72. The first kappa shape index (κ1) is 10.5. The molecule has 0 spiro atoms. The Kier molecular flexibility index (Phi) is 2.46. The molecule has 0 bridgehead atoms. The maximum atomic E-state index is 12.8. The smallest absolute Gasteiger partial charge is 0.384 e. The van der Waals surface area contributed by atoms with Crippen molar-refractivity contribution < 1.29 is 17.6 Å². The second kappa shape index (κ2) is 3.28. The first-order valence-corrected chi connectivity index (χ1v) is 3.53. The molecule has 0 radical (unpaired) electrons. The van der Waals surface area contributed by atoms with Gasteiger partial charge in [-0.05, 0) is 12.1 Å². The van der Waals surface area contributed by atoms with Crippen molar-refractivity contribution in [3.63, 3.8) is 0 Å². The monoisotopic (exact) mass is 206 g/mol. The molecular formula is C8H6F4N2. The Morgan fingerprint density at radius 3 is 2.21 bits per heavy atom. The minimum Gasteiger partial charge on any atom is -0.384 e. The first-order valence-electron chi connectivity index (χ1n) is 3.53. The topological polar surface area (TPSA) is 49.9 Å². The number of rotatable bonds is 1. The molecule has 2 nitrogen and oxygen atoms in total. The third-order valence-electron chi connectivity index (χ3n) is 1.59. The van der Waals surface area contributed by atoms with E-state index in [-0.39, 0.29) is 5.56 Å². The van der Waals surface area contributed by atoms with Gasteiger partial charge in [-0.2, -0.15) is 13.2 Å². The van der Waals surface area contributed by atoms with E-state index < -0.39 is 23.4 Å². The van der Waals surface area contributed by atoms with Crippen LogP contribution in [0.5, 0.6) is 0 Å². The fraction of sp³-hybridized carbons (Fsp3) is 0.125. The van der Waals surface area contributed by atoms with Crippen LogP contribution in [-0.4, -0.2) is 5.84 Å². The van der Waals surface area contributed by atoms with Gasteiger partial charge in [-0.3, -0.25) is 5.41 Å². The fourth-order valence-electron chi connectivity index (χ4n) is 0.913. The van der Waals surface area contributed by atoms with Crippen LogP contribution in [0.4, 0.5) is 17.6 Å². The number of halogens is 4. The number of nitrogens with two attached hydrogens (primary N) is 1. The van der Waals surface area contributed by atoms with Gasteiger partial charge in [0.25, 0.3) is 0 Å². The van der Waals surface area contributed by atoms with E-state index in [2.05, 4.69) is 0 Å². The van der Waals surface area contributed by atoms with E-state index in [1.807, 2.05) is 0 Å². The van der Waals surface area contributed by atoms with Gasteiger partial charge in [-0.25, -0.2) is 4.39 Å². The third-order valence-corrected chi connectivity index (χ3v) is 1.59. The number of hydrogen-bond donors (Lipinski definition) is 2. The molecule has 14 heavy (non-hydrogen) atoms. The van der Waals surface area contributed by atoms with Crippen LogP contribution in [0.3, 0.4) is 0 Å². The van der Waals surface area contributed by atoms with E-state index in [0.717, 1.165) is 6.07 Å². The largest absolute Gasteiger partial charge is 0.419 e. The van der Waals surface area contributed by atoms with Crippen LogP contribution in [-0.2, 0) is 6.18 Å². The maximum absolute atomic E-state index is 12.8. The molecule has 0 aliphatic heterocycles. The Labute approximate surface area is 76.8 Å². The summed E-state index contributed by atoms with van der Waals surface area (Å²) in [6.45, 7) is 0. The molecule has 1 aromatic rings. The Bertz CT molecular complexity index is 370. The number of nitrogens with one attached hydrogen (secondary N) is 1. The summed E-state index contributed by atoms with van der Waals surface area (Å²) in [4.78, 5) is 0. The lowest BCUT2D eigenvalue weighted by Gasteiger charge is -2.08. The Morgan fingerprint density at radius 1 is 1.29 bits per heavy atom. The van der Waals surface area contributed by atoms with Crippen LogP contribution in [0.1, 0.15) is 11.1 Å². The summed E-state index contributed by atoms with van der Waals surface area (Å²) in [6.07, 6.45) is -4.72. The molecule has 0 aliphatic rings. The van der Waals surface area contributed by atoms with Gasteiger partial charge in [0, 0.05) is 5.56 Å². The standard InChI is InChI=1S/C8H6F4N2/c9-6-3-4(7(13)14)1-2-5(6)8(10,11)12/h1-3H,(H3,13,14).